The molecule has 3 aliphatic rings. The number of carbonyl (C=O) groups is 2. The molecule has 1 heterocycles. The van der Waals surface area contributed by atoms with Crippen molar-refractivity contribution >= 4 is 11.9 Å². The monoisotopic (exact) mass is 324 g/mol. The third-order valence-electron chi connectivity index (χ3n) is 6.13. The Balaban J connectivity index is 2.02. The molecule has 23 heavy (non-hydrogen) atoms. The molecule has 8 atom stereocenters. The Kier molecular flexibility index (Phi) is 3.80. The number of hydrogen-bond acceptors (Lipinski definition) is 6. The van der Waals surface area contributed by atoms with Gasteiger partial charge in [0.2, 0.25) is 0 Å². The van der Waals surface area contributed by atoms with E-state index in [0.717, 1.165) is 0 Å². The number of ether oxygens (including phenoxy) is 2. The highest BCUT2D eigenvalue weighted by molar-refractivity contribution is 5.91. The predicted octanol–water partition coefficient (Wildman–Crippen LogP) is 0.804. The molecule has 0 unspecified atom stereocenters. The normalized spacial score (nSPS) is 49.2. The number of carbonyl (C=O) groups excluding carboxylic acids is 2. The van der Waals surface area contributed by atoms with Crippen molar-refractivity contribution in [1.82, 2.24) is 0 Å². The van der Waals surface area contributed by atoms with E-state index in [0.29, 0.717) is 12.8 Å². The van der Waals surface area contributed by atoms with Gasteiger partial charge in [0.05, 0.1) is 18.1 Å². The highest BCUT2D eigenvalue weighted by Crippen LogP contribution is 2.57. The maximum absolute atomic E-state index is 11.8. The number of fused-ring (bicyclic) bond motifs is 2. The van der Waals surface area contributed by atoms with E-state index in [1.807, 2.05) is 13.8 Å². The second kappa shape index (κ2) is 5.31. The largest absolute Gasteiger partial charge is 0.462 e. The molecular formula is C17H24O6. The van der Waals surface area contributed by atoms with Crippen LogP contribution in [0.4, 0.5) is 0 Å². The minimum atomic E-state index is -0.975. The average molecular weight is 324 g/mol. The summed E-state index contributed by atoms with van der Waals surface area (Å²) in [5.74, 6) is -1.57. The van der Waals surface area contributed by atoms with Crippen LogP contribution in [0.25, 0.3) is 0 Å². The summed E-state index contributed by atoms with van der Waals surface area (Å²) >= 11 is 0. The van der Waals surface area contributed by atoms with E-state index in [2.05, 4.69) is 6.58 Å². The first-order valence-electron chi connectivity index (χ1n) is 8.11. The van der Waals surface area contributed by atoms with Crippen LogP contribution in [0.15, 0.2) is 12.2 Å². The summed E-state index contributed by atoms with van der Waals surface area (Å²) in [4.78, 5) is 23.2. The van der Waals surface area contributed by atoms with E-state index >= 15 is 0 Å². The van der Waals surface area contributed by atoms with Crippen LogP contribution in [-0.2, 0) is 19.1 Å². The minimum Gasteiger partial charge on any atom is -0.462 e. The first-order chi connectivity index (χ1) is 10.7. The van der Waals surface area contributed by atoms with Gasteiger partial charge < -0.3 is 19.7 Å². The molecule has 2 N–H and O–H groups in total. The van der Waals surface area contributed by atoms with E-state index in [1.54, 1.807) is 0 Å². The lowest BCUT2D eigenvalue weighted by Crippen LogP contribution is -2.49. The number of aliphatic hydroxyl groups excluding tert-OH is 2. The molecule has 3 rings (SSSR count). The number of esters is 2. The fourth-order valence-electron chi connectivity index (χ4n) is 5.09. The molecule has 0 bridgehead atoms. The second-order valence-corrected chi connectivity index (χ2v) is 7.44. The van der Waals surface area contributed by atoms with Crippen molar-refractivity contribution in [2.75, 3.05) is 0 Å². The molecule has 1 saturated heterocycles. The van der Waals surface area contributed by atoms with Gasteiger partial charge in [-0.15, -0.1) is 0 Å². The molecule has 2 saturated carbocycles. The zero-order valence-electron chi connectivity index (χ0n) is 13.7. The highest BCUT2D eigenvalue weighted by Gasteiger charge is 2.64. The first kappa shape index (κ1) is 16.5. The molecule has 0 aromatic heterocycles. The van der Waals surface area contributed by atoms with Gasteiger partial charge in [-0.25, -0.2) is 4.79 Å². The molecule has 2 aliphatic carbocycles. The van der Waals surface area contributed by atoms with Gasteiger partial charge >= 0.3 is 11.9 Å². The van der Waals surface area contributed by atoms with Gasteiger partial charge in [-0.05, 0) is 12.3 Å². The van der Waals surface area contributed by atoms with Crippen LogP contribution in [0, 0.1) is 23.2 Å². The fraction of sp³-hybridized carbons (Fsp3) is 0.765. The predicted molar refractivity (Wildman–Crippen MR) is 80.1 cm³/mol. The summed E-state index contributed by atoms with van der Waals surface area (Å²) < 4.78 is 10.8. The fourth-order valence-corrected chi connectivity index (χ4v) is 5.09. The Morgan fingerprint density at radius 1 is 1.39 bits per heavy atom. The van der Waals surface area contributed by atoms with Crippen molar-refractivity contribution in [3.05, 3.63) is 12.2 Å². The zero-order valence-corrected chi connectivity index (χ0v) is 13.7. The maximum Gasteiger partial charge on any atom is 0.334 e. The molecule has 1 aliphatic heterocycles. The Hall–Kier alpha value is -1.40. The Morgan fingerprint density at radius 3 is 2.65 bits per heavy atom. The Bertz CT molecular complexity index is 557. The van der Waals surface area contributed by atoms with Crippen molar-refractivity contribution < 1.29 is 29.3 Å². The topological polar surface area (TPSA) is 93.1 Å². The molecule has 0 spiro atoms. The standard InChI is InChI=1S/C17H24O6/c1-7-5-10-13(8(2)16(21)23-10)15(20)17(4)12(19)6-11(14(7)17)22-9(3)18/h7,10-15,19-20H,2,5-6H2,1,3-4H3/t7-,10+,11+,12+,13-,14-,15+,17-/m1/s1. The van der Waals surface area contributed by atoms with Crippen LogP contribution in [0.1, 0.15) is 33.6 Å². The van der Waals surface area contributed by atoms with E-state index in [9.17, 15) is 19.8 Å². The summed E-state index contributed by atoms with van der Waals surface area (Å²) in [6.07, 6.45) is -1.83. The maximum atomic E-state index is 11.8. The van der Waals surface area contributed by atoms with Crippen LogP contribution < -0.4 is 0 Å². The van der Waals surface area contributed by atoms with E-state index < -0.39 is 47.7 Å². The summed E-state index contributed by atoms with van der Waals surface area (Å²) in [5.41, 5.74) is -0.615. The number of aliphatic hydroxyl groups is 2. The molecule has 6 heteroatoms. The lowest BCUT2D eigenvalue weighted by Gasteiger charge is -2.41. The third kappa shape index (κ3) is 2.22. The van der Waals surface area contributed by atoms with Crippen LogP contribution in [-0.4, -0.2) is 46.6 Å². The van der Waals surface area contributed by atoms with Crippen LogP contribution in [0.2, 0.25) is 0 Å². The van der Waals surface area contributed by atoms with Crippen molar-refractivity contribution in [1.29, 1.82) is 0 Å². The zero-order chi connectivity index (χ0) is 17.1. The molecule has 128 valence electrons. The summed E-state index contributed by atoms with van der Waals surface area (Å²) in [5, 5.41) is 21.7. The van der Waals surface area contributed by atoms with E-state index in [1.165, 1.54) is 6.92 Å². The summed E-state index contributed by atoms with van der Waals surface area (Å²) in [6.45, 7) is 8.92. The van der Waals surface area contributed by atoms with Gasteiger partial charge in [0.25, 0.3) is 0 Å². The molecule has 0 aromatic rings. The Morgan fingerprint density at radius 2 is 2.04 bits per heavy atom. The van der Waals surface area contributed by atoms with Crippen molar-refractivity contribution in [3.63, 3.8) is 0 Å². The van der Waals surface area contributed by atoms with Crippen LogP contribution in [0.3, 0.4) is 0 Å². The SMILES string of the molecule is C=C1C(=O)O[C@H]2C[C@@H](C)[C@@H]3[C@@H](OC(C)=O)C[C@H](O)[C@@]3(C)[C@@H](O)[C@H]12. The molecule has 3 fully saturated rings. The van der Waals surface area contributed by atoms with Gasteiger partial charge in [0.1, 0.15) is 12.2 Å². The molecule has 0 radical (unpaired) electrons. The summed E-state index contributed by atoms with van der Waals surface area (Å²) in [6, 6.07) is 0. The van der Waals surface area contributed by atoms with Gasteiger partial charge in [-0.3, -0.25) is 4.79 Å². The van der Waals surface area contributed by atoms with Crippen LogP contribution >= 0.6 is 0 Å². The van der Waals surface area contributed by atoms with Gasteiger partial charge in [-0.2, -0.15) is 0 Å². The quantitative estimate of drug-likeness (QED) is 0.547. The summed E-state index contributed by atoms with van der Waals surface area (Å²) in [7, 11) is 0. The van der Waals surface area contributed by atoms with Gasteiger partial charge in [-0.1, -0.05) is 20.4 Å². The second-order valence-electron chi connectivity index (χ2n) is 7.44. The van der Waals surface area contributed by atoms with Crippen molar-refractivity contribution in [3.8, 4) is 0 Å². The molecule has 0 aromatic carbocycles. The molecule has 0 amide bonds. The average Bonchev–Trinajstić information content (AvgIpc) is 2.81. The van der Waals surface area contributed by atoms with E-state index in [-0.39, 0.29) is 17.4 Å². The van der Waals surface area contributed by atoms with Crippen molar-refractivity contribution in [2.24, 2.45) is 23.2 Å². The van der Waals surface area contributed by atoms with Crippen molar-refractivity contribution in [2.45, 2.75) is 58.0 Å². The number of hydrogen-bond donors (Lipinski definition) is 2. The smallest absolute Gasteiger partial charge is 0.334 e. The van der Waals surface area contributed by atoms with Gasteiger partial charge in [0.15, 0.2) is 0 Å². The minimum absolute atomic E-state index is 0.0184. The molecule has 6 nitrogen and oxygen atoms in total. The number of rotatable bonds is 1. The lowest BCUT2D eigenvalue weighted by molar-refractivity contribution is -0.152. The lowest BCUT2D eigenvalue weighted by atomic mass is 9.67. The van der Waals surface area contributed by atoms with Crippen LogP contribution in [0.5, 0.6) is 0 Å². The highest BCUT2D eigenvalue weighted by atomic mass is 16.6. The third-order valence-corrected chi connectivity index (χ3v) is 6.13. The molecular weight excluding hydrogens is 300 g/mol. The Labute approximate surface area is 135 Å². The van der Waals surface area contributed by atoms with Gasteiger partial charge in [0, 0.05) is 30.3 Å². The van der Waals surface area contributed by atoms with E-state index in [4.69, 9.17) is 9.47 Å². The first-order valence-corrected chi connectivity index (χ1v) is 8.11.